The second-order valence-corrected chi connectivity index (χ2v) is 16.2. The number of phosphoric acid groups is 1. The zero-order valence-electron chi connectivity index (χ0n) is 35.8. The van der Waals surface area contributed by atoms with Gasteiger partial charge in [-0.25, -0.2) is 4.57 Å². The summed E-state index contributed by atoms with van der Waals surface area (Å²) in [6.45, 7) is 2.27. The van der Waals surface area contributed by atoms with Crippen molar-refractivity contribution in [1.29, 1.82) is 0 Å². The molecule has 0 fully saturated rings. The van der Waals surface area contributed by atoms with Crippen LogP contribution in [0.15, 0.2) is 60.8 Å². The molecular formula is C46H81O10P. The molecule has 11 heteroatoms. The molecule has 57 heavy (non-hydrogen) atoms. The molecule has 0 radical (unpaired) electrons. The number of hydrogen-bond donors (Lipinski definition) is 3. The predicted molar refractivity (Wildman–Crippen MR) is 233 cm³/mol. The summed E-state index contributed by atoms with van der Waals surface area (Å²) in [7, 11) is -4.63. The number of allylic oxidation sites excluding steroid dienone is 10. The number of carbonyl (C=O) groups excluding carboxylic acids is 2. The van der Waals surface area contributed by atoms with Gasteiger partial charge < -0.3 is 24.6 Å². The summed E-state index contributed by atoms with van der Waals surface area (Å²) in [6.07, 6.45) is 46.1. The first-order valence-corrected chi connectivity index (χ1v) is 23.7. The quantitative estimate of drug-likeness (QED) is 0.0235. The van der Waals surface area contributed by atoms with Gasteiger partial charge in [0.25, 0.3) is 0 Å². The van der Waals surface area contributed by atoms with Crippen molar-refractivity contribution in [2.45, 2.75) is 193 Å². The fraction of sp³-hybridized carbons (Fsp3) is 0.739. The Labute approximate surface area is 346 Å². The molecule has 0 aliphatic carbocycles. The Morgan fingerprint density at radius 3 is 1.40 bits per heavy atom. The highest BCUT2D eigenvalue weighted by Gasteiger charge is 2.27. The van der Waals surface area contributed by atoms with Crippen molar-refractivity contribution in [3.05, 3.63) is 60.8 Å². The van der Waals surface area contributed by atoms with E-state index in [-0.39, 0.29) is 19.4 Å². The zero-order chi connectivity index (χ0) is 41.9. The van der Waals surface area contributed by atoms with E-state index in [0.29, 0.717) is 12.8 Å². The first-order valence-electron chi connectivity index (χ1n) is 22.2. The van der Waals surface area contributed by atoms with E-state index in [9.17, 15) is 24.2 Å². The fourth-order valence-electron chi connectivity index (χ4n) is 5.68. The molecule has 0 spiro atoms. The van der Waals surface area contributed by atoms with Gasteiger partial charge in [0.1, 0.15) is 12.7 Å². The standard InChI is InChI=1S/C46H81O10P/c1-3-5-7-9-11-13-15-17-19-20-21-22-24-26-28-30-32-34-36-38-46(50)56-44(42-55-57(51,52)54-40-43(48)39-47)41-53-45(49)37-35-33-31-29-27-25-23-18-16-14-12-10-8-6-4-2/h11-14,17-19,23,27,29,43-44,47-48H,3-10,15-16,20-22,24-26,28,30-42H2,1-2H3,(H,51,52)/b13-11+,14-12+,19-17+,23-18+,29-27+/t43-,44+/m0/s1. The van der Waals surface area contributed by atoms with Crippen LogP contribution in [0.4, 0.5) is 0 Å². The number of hydrogen-bond acceptors (Lipinski definition) is 9. The summed E-state index contributed by atoms with van der Waals surface area (Å²) in [5.74, 6) is -0.977. The molecule has 0 aliphatic heterocycles. The van der Waals surface area contributed by atoms with Crippen LogP contribution in [0.2, 0.25) is 0 Å². The Kier molecular flexibility index (Phi) is 40.1. The van der Waals surface area contributed by atoms with Crippen molar-refractivity contribution in [3.8, 4) is 0 Å². The van der Waals surface area contributed by atoms with E-state index in [4.69, 9.17) is 19.1 Å². The summed E-state index contributed by atoms with van der Waals surface area (Å²) in [4.78, 5) is 35.0. The average Bonchev–Trinajstić information content (AvgIpc) is 3.20. The van der Waals surface area contributed by atoms with E-state index in [2.05, 4.69) is 79.1 Å². The number of rotatable bonds is 41. The summed E-state index contributed by atoms with van der Waals surface area (Å²) in [6, 6.07) is 0. The predicted octanol–water partition coefficient (Wildman–Crippen LogP) is 11.9. The van der Waals surface area contributed by atoms with Crippen LogP contribution in [0.3, 0.4) is 0 Å². The van der Waals surface area contributed by atoms with Crippen molar-refractivity contribution in [2.75, 3.05) is 26.4 Å². The van der Waals surface area contributed by atoms with E-state index in [0.717, 1.165) is 64.2 Å². The van der Waals surface area contributed by atoms with Crippen molar-refractivity contribution >= 4 is 19.8 Å². The molecule has 0 aromatic heterocycles. The molecule has 0 bridgehead atoms. The lowest BCUT2D eigenvalue weighted by Crippen LogP contribution is -2.29. The number of aliphatic hydroxyl groups is 2. The maximum absolute atomic E-state index is 12.6. The van der Waals surface area contributed by atoms with Gasteiger partial charge in [-0.2, -0.15) is 0 Å². The third kappa shape index (κ3) is 41.6. The highest BCUT2D eigenvalue weighted by Crippen LogP contribution is 2.43. The first kappa shape index (κ1) is 54.7. The molecule has 0 aromatic carbocycles. The lowest BCUT2D eigenvalue weighted by Gasteiger charge is -2.20. The smallest absolute Gasteiger partial charge is 0.462 e. The molecule has 10 nitrogen and oxygen atoms in total. The Balaban J connectivity index is 4.34. The van der Waals surface area contributed by atoms with Crippen LogP contribution in [0.25, 0.3) is 0 Å². The molecule has 0 heterocycles. The minimum atomic E-state index is -4.63. The lowest BCUT2D eigenvalue weighted by molar-refractivity contribution is -0.161. The van der Waals surface area contributed by atoms with Crippen molar-refractivity contribution in [3.63, 3.8) is 0 Å². The van der Waals surface area contributed by atoms with Gasteiger partial charge in [0.2, 0.25) is 0 Å². The molecule has 0 aliphatic rings. The monoisotopic (exact) mass is 825 g/mol. The van der Waals surface area contributed by atoms with Gasteiger partial charge >= 0.3 is 19.8 Å². The van der Waals surface area contributed by atoms with Gasteiger partial charge in [-0.05, 0) is 83.5 Å². The maximum Gasteiger partial charge on any atom is 0.472 e. The molecule has 1 unspecified atom stereocenters. The molecule has 0 saturated carbocycles. The number of ether oxygens (including phenoxy) is 2. The van der Waals surface area contributed by atoms with Crippen LogP contribution in [0.1, 0.15) is 181 Å². The lowest BCUT2D eigenvalue weighted by atomic mass is 10.1. The molecule has 330 valence electrons. The number of aliphatic hydroxyl groups excluding tert-OH is 2. The fourth-order valence-corrected chi connectivity index (χ4v) is 6.47. The molecule has 3 N–H and O–H groups in total. The van der Waals surface area contributed by atoms with Gasteiger partial charge in [-0.3, -0.25) is 18.6 Å². The van der Waals surface area contributed by atoms with Crippen LogP contribution in [-0.2, 0) is 32.7 Å². The van der Waals surface area contributed by atoms with Crippen LogP contribution < -0.4 is 0 Å². The van der Waals surface area contributed by atoms with Gasteiger partial charge in [-0.15, -0.1) is 0 Å². The van der Waals surface area contributed by atoms with E-state index < -0.39 is 51.8 Å². The number of unbranched alkanes of at least 4 members (excludes halogenated alkanes) is 17. The SMILES string of the molecule is CCCCC/C=C/C/C=C/C/C=C/CCCCC(=O)OC[C@H](COP(=O)(O)OC[C@@H](O)CO)OC(=O)CCCCCCCCCCC/C=C/C/C=C/CCCCC. The van der Waals surface area contributed by atoms with E-state index >= 15 is 0 Å². The van der Waals surface area contributed by atoms with Crippen molar-refractivity contribution in [1.82, 2.24) is 0 Å². The Morgan fingerprint density at radius 2 is 0.912 bits per heavy atom. The third-order valence-electron chi connectivity index (χ3n) is 9.14. The largest absolute Gasteiger partial charge is 0.472 e. The summed E-state index contributed by atoms with van der Waals surface area (Å²) in [5.41, 5.74) is 0. The minimum absolute atomic E-state index is 0.169. The van der Waals surface area contributed by atoms with Gasteiger partial charge in [0.15, 0.2) is 6.10 Å². The minimum Gasteiger partial charge on any atom is -0.462 e. The molecule has 0 amide bonds. The first-order chi connectivity index (χ1) is 27.7. The molecule has 0 aromatic rings. The van der Waals surface area contributed by atoms with Gasteiger partial charge in [0.05, 0.1) is 19.8 Å². The Bertz CT molecular complexity index is 1130. The van der Waals surface area contributed by atoms with E-state index in [1.54, 1.807) is 0 Å². The van der Waals surface area contributed by atoms with Crippen LogP contribution in [0, 0.1) is 0 Å². The van der Waals surface area contributed by atoms with E-state index in [1.807, 2.05) is 0 Å². The highest BCUT2D eigenvalue weighted by atomic mass is 31.2. The molecular weight excluding hydrogens is 743 g/mol. The molecule has 0 saturated heterocycles. The highest BCUT2D eigenvalue weighted by molar-refractivity contribution is 7.47. The average molecular weight is 825 g/mol. The number of esters is 2. The van der Waals surface area contributed by atoms with Crippen LogP contribution in [0.5, 0.6) is 0 Å². The second-order valence-electron chi connectivity index (χ2n) is 14.7. The third-order valence-corrected chi connectivity index (χ3v) is 10.1. The topological polar surface area (TPSA) is 149 Å². The van der Waals surface area contributed by atoms with Crippen molar-refractivity contribution < 1.29 is 47.8 Å². The number of phosphoric ester groups is 1. The van der Waals surface area contributed by atoms with E-state index in [1.165, 1.54) is 77.0 Å². The van der Waals surface area contributed by atoms with Gasteiger partial charge in [-0.1, -0.05) is 145 Å². The van der Waals surface area contributed by atoms with Crippen molar-refractivity contribution in [2.24, 2.45) is 0 Å². The zero-order valence-corrected chi connectivity index (χ0v) is 36.7. The van der Waals surface area contributed by atoms with Crippen LogP contribution in [-0.4, -0.2) is 65.7 Å². The van der Waals surface area contributed by atoms with Gasteiger partial charge in [0, 0.05) is 12.8 Å². The molecule has 3 atom stereocenters. The second kappa shape index (κ2) is 41.8. The summed E-state index contributed by atoms with van der Waals surface area (Å²) >= 11 is 0. The Morgan fingerprint density at radius 1 is 0.526 bits per heavy atom. The summed E-state index contributed by atoms with van der Waals surface area (Å²) < 4.78 is 32.7. The Hall–Kier alpha value is -2.33. The normalized spacial score (nSPS) is 14.4. The molecule has 0 rings (SSSR count). The number of carbonyl (C=O) groups is 2. The maximum atomic E-state index is 12.6. The summed E-state index contributed by atoms with van der Waals surface area (Å²) in [5, 5.41) is 18.3. The van der Waals surface area contributed by atoms with Crippen LogP contribution >= 0.6 is 7.82 Å².